The molecule has 0 radical (unpaired) electrons. The fourth-order valence-electron chi connectivity index (χ4n) is 4.21. The number of aliphatic hydroxyl groups is 2. The number of nitrogens with one attached hydrogen (secondary N) is 3. The first-order valence-electron chi connectivity index (χ1n) is 11.1. The van der Waals surface area contributed by atoms with Gasteiger partial charge in [-0.3, -0.25) is 9.59 Å². The molecule has 0 aromatic heterocycles. The number of benzene rings is 1. The third-order valence-electron chi connectivity index (χ3n) is 6.03. The van der Waals surface area contributed by atoms with Gasteiger partial charge in [0, 0.05) is 24.5 Å². The molecule has 9 nitrogen and oxygen atoms in total. The minimum atomic E-state index is -1.25. The van der Waals surface area contributed by atoms with Gasteiger partial charge in [-0.15, -0.1) is 0 Å². The molecule has 3 rings (SSSR count). The topological polar surface area (TPSA) is 154 Å². The van der Waals surface area contributed by atoms with E-state index in [0.29, 0.717) is 0 Å². The Morgan fingerprint density at radius 1 is 1.03 bits per heavy atom. The van der Waals surface area contributed by atoms with Gasteiger partial charge in [0.15, 0.2) is 0 Å². The van der Waals surface area contributed by atoms with Crippen LogP contribution in [-0.4, -0.2) is 58.4 Å². The van der Waals surface area contributed by atoms with E-state index in [0.717, 1.165) is 37.7 Å². The van der Waals surface area contributed by atoms with Crippen LogP contribution in [-0.2, 0) is 16.0 Å². The number of carbonyl (C=O) groups excluding carboxylic acids is 3. The van der Waals surface area contributed by atoms with Gasteiger partial charge in [0.1, 0.15) is 12.1 Å². The van der Waals surface area contributed by atoms with E-state index < -0.39 is 42.1 Å². The van der Waals surface area contributed by atoms with E-state index in [9.17, 15) is 24.6 Å². The first-order valence-corrected chi connectivity index (χ1v) is 11.1. The summed E-state index contributed by atoms with van der Waals surface area (Å²) in [6.07, 6.45) is 4.15. The van der Waals surface area contributed by atoms with Gasteiger partial charge in [-0.25, -0.2) is 4.79 Å². The van der Waals surface area contributed by atoms with E-state index in [1.54, 1.807) is 0 Å². The number of hydrogen-bond donors (Lipinski definition) is 6. The highest BCUT2D eigenvalue weighted by atomic mass is 16.3. The summed E-state index contributed by atoms with van der Waals surface area (Å²) in [6.45, 7) is 0. The van der Waals surface area contributed by atoms with E-state index in [1.807, 2.05) is 30.3 Å². The third-order valence-corrected chi connectivity index (χ3v) is 6.03. The van der Waals surface area contributed by atoms with Crippen molar-refractivity contribution in [3.8, 4) is 0 Å². The smallest absolute Gasteiger partial charge is 0.315 e. The minimum Gasteiger partial charge on any atom is -0.390 e. The Morgan fingerprint density at radius 2 is 1.72 bits per heavy atom. The Morgan fingerprint density at radius 3 is 2.38 bits per heavy atom. The second kappa shape index (κ2) is 11.1. The molecule has 9 heteroatoms. The molecule has 1 saturated carbocycles. The van der Waals surface area contributed by atoms with Crippen molar-refractivity contribution in [3.63, 3.8) is 0 Å². The van der Waals surface area contributed by atoms with Gasteiger partial charge in [0.05, 0.1) is 12.1 Å². The molecule has 0 saturated heterocycles. The molecule has 0 heterocycles. The van der Waals surface area contributed by atoms with Crippen LogP contribution in [0.1, 0.15) is 44.1 Å². The molecule has 32 heavy (non-hydrogen) atoms. The largest absolute Gasteiger partial charge is 0.390 e. The van der Waals surface area contributed by atoms with Gasteiger partial charge in [-0.05, 0) is 18.4 Å². The van der Waals surface area contributed by atoms with E-state index in [2.05, 4.69) is 16.0 Å². The van der Waals surface area contributed by atoms with Crippen molar-refractivity contribution in [1.82, 2.24) is 16.0 Å². The van der Waals surface area contributed by atoms with Gasteiger partial charge >= 0.3 is 6.03 Å². The lowest BCUT2D eigenvalue weighted by atomic mass is 9.89. The maximum atomic E-state index is 12.8. The second-order valence-corrected chi connectivity index (χ2v) is 8.55. The summed E-state index contributed by atoms with van der Waals surface area (Å²) in [7, 11) is 0. The van der Waals surface area contributed by atoms with Crippen LogP contribution < -0.4 is 21.7 Å². The average molecular weight is 445 g/mol. The molecule has 0 bridgehead atoms. The zero-order valence-electron chi connectivity index (χ0n) is 18.0. The maximum absolute atomic E-state index is 12.8. The van der Waals surface area contributed by atoms with Crippen LogP contribution >= 0.6 is 0 Å². The Labute approximate surface area is 187 Å². The standard InChI is InChI=1S/C23H32N4O5/c24-21(30)18(11-14-7-3-1-4-8-14)26-22(31)15-12-17(20(29)19(28)13-15)27-23(32)25-16-9-5-2-6-10-16/h1,3-4,7-8,12,16-20,28-29H,2,5-6,9-11,13H2,(H2,24,30)(H,26,31)(H2,25,27,32)/t17-,18-,19-,20-/m1/s1. The SMILES string of the molecule is NC(=O)[C@@H](Cc1ccccc1)NC(=O)C1=C[C@@H](NC(=O)NC2CCCCC2)[C@@H](O)[C@H](O)C1. The molecule has 2 aliphatic rings. The van der Waals surface area contributed by atoms with Crippen LogP contribution in [0.2, 0.25) is 0 Å². The molecule has 174 valence electrons. The molecule has 7 N–H and O–H groups in total. The van der Waals surface area contributed by atoms with Gasteiger partial charge < -0.3 is 31.9 Å². The summed E-state index contributed by atoms with van der Waals surface area (Å²) >= 11 is 0. The predicted octanol–water partition coefficient (Wildman–Crippen LogP) is 0.252. The van der Waals surface area contributed by atoms with Crippen LogP contribution in [0.15, 0.2) is 42.0 Å². The molecule has 1 fully saturated rings. The van der Waals surface area contributed by atoms with E-state index in [-0.39, 0.29) is 24.5 Å². The van der Waals surface area contributed by atoms with Crippen molar-refractivity contribution >= 4 is 17.8 Å². The molecule has 2 aliphatic carbocycles. The van der Waals surface area contributed by atoms with Crippen LogP contribution in [0.5, 0.6) is 0 Å². The number of nitrogens with two attached hydrogens (primary N) is 1. The summed E-state index contributed by atoms with van der Waals surface area (Å²) in [4.78, 5) is 37.0. The van der Waals surface area contributed by atoms with Crippen molar-refractivity contribution < 1.29 is 24.6 Å². The third kappa shape index (κ3) is 6.54. The number of aliphatic hydroxyl groups excluding tert-OH is 2. The summed E-state index contributed by atoms with van der Waals surface area (Å²) in [5.41, 5.74) is 6.47. The van der Waals surface area contributed by atoms with Crippen molar-refractivity contribution in [3.05, 3.63) is 47.5 Å². The number of amides is 4. The number of hydrogen-bond acceptors (Lipinski definition) is 5. The van der Waals surface area contributed by atoms with Gasteiger partial charge in [-0.1, -0.05) is 55.7 Å². The Bertz CT molecular complexity index is 838. The monoisotopic (exact) mass is 444 g/mol. The first kappa shape index (κ1) is 23.7. The van der Waals surface area contributed by atoms with Gasteiger partial charge in [0.25, 0.3) is 0 Å². The molecule has 0 spiro atoms. The van der Waals surface area contributed by atoms with Crippen LogP contribution in [0, 0.1) is 0 Å². The van der Waals surface area contributed by atoms with E-state index in [4.69, 9.17) is 5.73 Å². The number of carbonyl (C=O) groups is 3. The summed E-state index contributed by atoms with van der Waals surface area (Å²) in [6, 6.07) is 6.90. The van der Waals surface area contributed by atoms with Crippen molar-refractivity contribution in [2.75, 3.05) is 0 Å². The van der Waals surface area contributed by atoms with Crippen LogP contribution in [0.25, 0.3) is 0 Å². The lowest BCUT2D eigenvalue weighted by Gasteiger charge is -2.32. The highest BCUT2D eigenvalue weighted by Crippen LogP contribution is 2.21. The summed E-state index contributed by atoms with van der Waals surface area (Å²) in [5, 5.41) is 28.7. The minimum absolute atomic E-state index is 0.0791. The average Bonchev–Trinajstić information content (AvgIpc) is 2.77. The molecule has 1 aromatic rings. The van der Waals surface area contributed by atoms with Crippen LogP contribution in [0.4, 0.5) is 4.79 Å². The van der Waals surface area contributed by atoms with Crippen molar-refractivity contribution in [2.24, 2.45) is 5.73 Å². The molecular formula is C23H32N4O5. The first-order chi connectivity index (χ1) is 15.3. The lowest BCUT2D eigenvalue weighted by molar-refractivity contribution is -0.125. The van der Waals surface area contributed by atoms with Gasteiger partial charge in [-0.2, -0.15) is 0 Å². The Hall–Kier alpha value is -2.91. The zero-order chi connectivity index (χ0) is 23.1. The molecule has 0 aliphatic heterocycles. The molecular weight excluding hydrogens is 412 g/mol. The quantitative estimate of drug-likeness (QED) is 0.356. The Balaban J connectivity index is 1.64. The van der Waals surface area contributed by atoms with Gasteiger partial charge in [0.2, 0.25) is 11.8 Å². The lowest BCUT2D eigenvalue weighted by Crippen LogP contribution is -2.55. The second-order valence-electron chi connectivity index (χ2n) is 8.55. The fraction of sp³-hybridized carbons (Fsp3) is 0.522. The summed E-state index contributed by atoms with van der Waals surface area (Å²) in [5.74, 6) is -1.25. The van der Waals surface area contributed by atoms with Crippen molar-refractivity contribution in [2.45, 2.75) is 75.3 Å². The van der Waals surface area contributed by atoms with Crippen molar-refractivity contribution in [1.29, 1.82) is 0 Å². The fourth-order valence-corrected chi connectivity index (χ4v) is 4.21. The highest BCUT2D eigenvalue weighted by molar-refractivity contribution is 5.97. The predicted molar refractivity (Wildman–Crippen MR) is 118 cm³/mol. The van der Waals surface area contributed by atoms with E-state index >= 15 is 0 Å². The number of primary amides is 1. The molecule has 4 atom stereocenters. The zero-order valence-corrected chi connectivity index (χ0v) is 18.0. The maximum Gasteiger partial charge on any atom is 0.315 e. The van der Waals surface area contributed by atoms with E-state index in [1.165, 1.54) is 6.08 Å². The molecule has 1 aromatic carbocycles. The summed E-state index contributed by atoms with van der Waals surface area (Å²) < 4.78 is 0. The molecule has 4 amide bonds. The number of rotatable bonds is 7. The van der Waals surface area contributed by atoms with Crippen LogP contribution in [0.3, 0.4) is 0 Å². The normalized spacial score (nSPS) is 24.7. The molecule has 0 unspecified atom stereocenters. The highest BCUT2D eigenvalue weighted by Gasteiger charge is 2.34. The Kier molecular flexibility index (Phi) is 8.24. The number of urea groups is 1.